The number of ether oxygens (including phenoxy) is 1. The van der Waals surface area contributed by atoms with Crippen LogP contribution < -0.4 is 9.64 Å². The number of methoxy groups -OCH3 is 1. The molecule has 2 aliphatic heterocycles. The summed E-state index contributed by atoms with van der Waals surface area (Å²) in [6.07, 6.45) is 3.39. The highest BCUT2D eigenvalue weighted by Crippen LogP contribution is 2.31. The topological polar surface area (TPSA) is 86.5 Å². The minimum atomic E-state index is -0.0951. The van der Waals surface area contributed by atoms with Crippen LogP contribution in [0.4, 0.5) is 5.82 Å². The molecule has 3 heterocycles. The second-order valence-electron chi connectivity index (χ2n) is 8.58. The van der Waals surface area contributed by atoms with Crippen molar-refractivity contribution in [2.24, 2.45) is 0 Å². The van der Waals surface area contributed by atoms with E-state index in [0.717, 1.165) is 34.4 Å². The van der Waals surface area contributed by atoms with Crippen LogP contribution in [-0.4, -0.2) is 41.9 Å². The molecule has 0 aliphatic carbocycles. The first-order chi connectivity index (χ1) is 16.6. The Bertz CT molecular complexity index is 1330. The summed E-state index contributed by atoms with van der Waals surface area (Å²) >= 11 is 0. The molecule has 0 radical (unpaired) electrons. The minimum Gasteiger partial charge on any atom is -0.497 e. The number of nitrogens with zero attached hydrogens (tertiary/aromatic N) is 4. The van der Waals surface area contributed by atoms with Gasteiger partial charge in [0.25, 0.3) is 0 Å². The number of aromatic nitrogens is 1. The van der Waals surface area contributed by atoms with Crippen molar-refractivity contribution in [3.63, 3.8) is 0 Å². The van der Waals surface area contributed by atoms with Gasteiger partial charge in [-0.1, -0.05) is 18.2 Å². The van der Waals surface area contributed by atoms with Crippen molar-refractivity contribution < 1.29 is 14.3 Å². The van der Waals surface area contributed by atoms with E-state index in [1.807, 2.05) is 42.5 Å². The molecule has 5 rings (SSSR count). The van der Waals surface area contributed by atoms with Crippen LogP contribution in [0.3, 0.4) is 0 Å². The molecule has 0 spiro atoms. The number of rotatable bonds is 4. The monoisotopic (exact) mass is 452 g/mol. The van der Waals surface area contributed by atoms with E-state index in [-0.39, 0.29) is 18.4 Å². The SMILES string of the molecule is COc1ccc2c(c1)CN(C(=O)CN1C(=O)CCc3cc(-c4cccc(C#N)c4)cnc31)CC2. The Labute approximate surface area is 198 Å². The lowest BCUT2D eigenvalue weighted by molar-refractivity contribution is -0.132. The number of hydrogen-bond donors (Lipinski definition) is 0. The van der Waals surface area contributed by atoms with E-state index in [4.69, 9.17) is 4.74 Å². The number of pyridine rings is 1. The third-order valence-electron chi connectivity index (χ3n) is 6.50. The number of carbonyl (C=O) groups is 2. The molecule has 7 nitrogen and oxygen atoms in total. The van der Waals surface area contributed by atoms with Gasteiger partial charge in [-0.25, -0.2) is 4.98 Å². The number of amides is 2. The van der Waals surface area contributed by atoms with Crippen LogP contribution in [0.15, 0.2) is 54.7 Å². The summed E-state index contributed by atoms with van der Waals surface area (Å²) in [5, 5.41) is 9.18. The zero-order valence-corrected chi connectivity index (χ0v) is 19.0. The minimum absolute atomic E-state index is 0.0264. The number of nitriles is 1. The van der Waals surface area contributed by atoms with E-state index in [1.54, 1.807) is 24.3 Å². The molecule has 2 aromatic carbocycles. The van der Waals surface area contributed by atoms with Crippen molar-refractivity contribution in [2.45, 2.75) is 25.8 Å². The number of anilines is 1. The average molecular weight is 453 g/mol. The first kappa shape index (κ1) is 21.7. The van der Waals surface area contributed by atoms with Gasteiger partial charge < -0.3 is 9.64 Å². The Morgan fingerprint density at radius 2 is 1.94 bits per heavy atom. The number of fused-ring (bicyclic) bond motifs is 2. The fraction of sp³-hybridized carbons (Fsp3) is 0.259. The number of benzene rings is 2. The lowest BCUT2D eigenvalue weighted by Crippen LogP contribution is -2.46. The van der Waals surface area contributed by atoms with Gasteiger partial charge in [-0.15, -0.1) is 0 Å². The van der Waals surface area contributed by atoms with Gasteiger partial charge in [-0.2, -0.15) is 5.26 Å². The molecule has 0 saturated heterocycles. The Morgan fingerprint density at radius 3 is 2.76 bits per heavy atom. The lowest BCUT2D eigenvalue weighted by Gasteiger charge is -2.33. The van der Waals surface area contributed by atoms with E-state index in [0.29, 0.717) is 37.3 Å². The molecule has 3 aromatic rings. The average Bonchev–Trinajstić information content (AvgIpc) is 2.89. The van der Waals surface area contributed by atoms with Gasteiger partial charge in [0.05, 0.1) is 18.7 Å². The summed E-state index contributed by atoms with van der Waals surface area (Å²) in [4.78, 5) is 33.8. The lowest BCUT2D eigenvalue weighted by atomic mass is 9.98. The van der Waals surface area contributed by atoms with Crippen LogP contribution in [0, 0.1) is 11.3 Å². The summed E-state index contributed by atoms with van der Waals surface area (Å²) in [5.41, 5.74) is 5.60. The molecule has 0 N–H and O–H groups in total. The quantitative estimate of drug-likeness (QED) is 0.605. The summed E-state index contributed by atoms with van der Waals surface area (Å²) < 4.78 is 5.32. The molecule has 7 heteroatoms. The van der Waals surface area contributed by atoms with Crippen LogP contribution in [-0.2, 0) is 29.0 Å². The van der Waals surface area contributed by atoms with Crippen molar-refractivity contribution in [1.82, 2.24) is 9.88 Å². The number of hydrogen-bond acceptors (Lipinski definition) is 5. The molecule has 0 bridgehead atoms. The number of carbonyl (C=O) groups excluding carboxylic acids is 2. The van der Waals surface area contributed by atoms with Crippen LogP contribution >= 0.6 is 0 Å². The summed E-state index contributed by atoms with van der Waals surface area (Å²) in [5.74, 6) is 1.13. The maximum Gasteiger partial charge on any atom is 0.243 e. The second kappa shape index (κ2) is 8.99. The molecule has 0 saturated carbocycles. The van der Waals surface area contributed by atoms with Crippen molar-refractivity contribution in [1.29, 1.82) is 5.26 Å². The molecule has 34 heavy (non-hydrogen) atoms. The Balaban J connectivity index is 1.36. The maximum atomic E-state index is 13.2. The van der Waals surface area contributed by atoms with Crippen molar-refractivity contribution in [3.8, 4) is 22.9 Å². The van der Waals surface area contributed by atoms with Crippen LogP contribution in [0.25, 0.3) is 11.1 Å². The molecule has 0 unspecified atom stereocenters. The molecule has 0 atom stereocenters. The van der Waals surface area contributed by atoms with Gasteiger partial charge in [0.2, 0.25) is 11.8 Å². The zero-order chi connectivity index (χ0) is 23.7. The van der Waals surface area contributed by atoms with Crippen molar-refractivity contribution in [2.75, 3.05) is 25.1 Å². The molecule has 0 fully saturated rings. The Kier molecular flexibility index (Phi) is 5.72. The highest BCUT2D eigenvalue weighted by molar-refractivity contribution is 6.00. The van der Waals surface area contributed by atoms with Gasteiger partial charge in [-0.3, -0.25) is 14.5 Å². The predicted molar refractivity (Wildman–Crippen MR) is 127 cm³/mol. The largest absolute Gasteiger partial charge is 0.497 e. The normalized spacial score (nSPS) is 14.8. The standard InChI is InChI=1S/C27H24N4O3/c1-34-24-7-5-19-9-10-30(16-23(19)13-24)26(33)17-31-25(32)8-6-21-12-22(15-29-27(21)31)20-4-2-3-18(11-20)14-28/h2-5,7,11-13,15H,6,8-10,16-17H2,1H3. The van der Waals surface area contributed by atoms with Crippen molar-refractivity contribution >= 4 is 17.6 Å². The molecule has 170 valence electrons. The summed E-state index contributed by atoms with van der Waals surface area (Å²) in [7, 11) is 1.63. The Morgan fingerprint density at radius 1 is 1.06 bits per heavy atom. The maximum absolute atomic E-state index is 13.2. The number of aryl methyl sites for hydroxylation is 1. The smallest absolute Gasteiger partial charge is 0.243 e. The third-order valence-corrected chi connectivity index (χ3v) is 6.50. The third kappa shape index (κ3) is 4.11. The van der Waals surface area contributed by atoms with E-state index < -0.39 is 0 Å². The van der Waals surface area contributed by atoms with Crippen LogP contribution in [0.5, 0.6) is 5.75 Å². The summed E-state index contributed by atoms with van der Waals surface area (Å²) in [6, 6.07) is 17.5. The predicted octanol–water partition coefficient (Wildman–Crippen LogP) is 3.49. The van der Waals surface area contributed by atoms with Crippen LogP contribution in [0.1, 0.15) is 28.7 Å². The zero-order valence-electron chi connectivity index (χ0n) is 19.0. The molecular weight excluding hydrogens is 428 g/mol. The first-order valence-electron chi connectivity index (χ1n) is 11.3. The van der Waals surface area contributed by atoms with E-state index in [1.165, 1.54) is 10.5 Å². The molecule has 1 aromatic heterocycles. The first-order valence-corrected chi connectivity index (χ1v) is 11.3. The van der Waals surface area contributed by atoms with Gasteiger partial charge >= 0.3 is 0 Å². The van der Waals surface area contributed by atoms with Gasteiger partial charge in [0.1, 0.15) is 18.1 Å². The highest BCUT2D eigenvalue weighted by Gasteiger charge is 2.30. The Hall–Kier alpha value is -4.18. The molecule has 2 amide bonds. The highest BCUT2D eigenvalue weighted by atomic mass is 16.5. The molecular formula is C27H24N4O3. The van der Waals surface area contributed by atoms with Gasteiger partial charge in [0.15, 0.2) is 0 Å². The van der Waals surface area contributed by atoms with Crippen LogP contribution in [0.2, 0.25) is 0 Å². The second-order valence-corrected chi connectivity index (χ2v) is 8.58. The van der Waals surface area contributed by atoms with Crippen molar-refractivity contribution in [3.05, 3.63) is 77.0 Å². The molecule has 2 aliphatic rings. The fourth-order valence-corrected chi connectivity index (χ4v) is 4.62. The fourth-order valence-electron chi connectivity index (χ4n) is 4.62. The van der Waals surface area contributed by atoms with E-state index in [9.17, 15) is 14.9 Å². The van der Waals surface area contributed by atoms with Gasteiger partial charge in [-0.05, 0) is 65.4 Å². The summed E-state index contributed by atoms with van der Waals surface area (Å²) in [6.45, 7) is 1.10. The van der Waals surface area contributed by atoms with Gasteiger partial charge in [0, 0.05) is 31.3 Å². The van der Waals surface area contributed by atoms with E-state index in [2.05, 4.69) is 11.1 Å². The van der Waals surface area contributed by atoms with E-state index >= 15 is 0 Å².